The largest absolute Gasteiger partial charge is 0.381 e. The van der Waals surface area contributed by atoms with Crippen molar-refractivity contribution in [2.75, 3.05) is 20.3 Å². The normalized spacial score (nSPS) is 21.1. The van der Waals surface area contributed by atoms with Crippen LogP contribution in [0.2, 0.25) is 0 Å². The topological polar surface area (TPSA) is 38.5 Å². The van der Waals surface area contributed by atoms with E-state index in [0.29, 0.717) is 12.1 Å². The fourth-order valence-electron chi connectivity index (χ4n) is 2.72. The fourth-order valence-corrected chi connectivity index (χ4v) is 3.67. The number of hydrogen-bond donors (Lipinski definition) is 1. The molecule has 1 aromatic rings. The molecule has 2 atom stereocenters. The van der Waals surface area contributed by atoms with Crippen molar-refractivity contribution in [1.29, 1.82) is 0 Å². The molecule has 1 aromatic heterocycles. The Bertz CT molecular complexity index is 336. The second-order valence-corrected chi connectivity index (χ2v) is 6.02. The van der Waals surface area contributed by atoms with Crippen molar-refractivity contribution in [3.8, 4) is 0 Å². The summed E-state index contributed by atoms with van der Waals surface area (Å²) < 4.78 is 5.45. The van der Waals surface area contributed by atoms with Crippen molar-refractivity contribution in [3.05, 3.63) is 22.4 Å². The van der Waals surface area contributed by atoms with E-state index in [0.717, 1.165) is 32.5 Å². The molecule has 0 aliphatic carbocycles. The molecule has 3 nitrogen and oxygen atoms in total. The number of hydrogen-bond acceptors (Lipinski definition) is 4. The first-order valence-corrected chi connectivity index (χ1v) is 7.70. The summed E-state index contributed by atoms with van der Waals surface area (Å²) in [6.45, 7) is 3.93. The highest BCUT2D eigenvalue weighted by Gasteiger charge is 2.29. The lowest BCUT2D eigenvalue weighted by atomic mass is 9.99. The molecule has 2 N–H and O–H groups in total. The van der Waals surface area contributed by atoms with E-state index in [1.54, 1.807) is 0 Å². The van der Waals surface area contributed by atoms with E-state index in [2.05, 4.69) is 36.4 Å². The van der Waals surface area contributed by atoms with Gasteiger partial charge >= 0.3 is 0 Å². The van der Waals surface area contributed by atoms with Crippen LogP contribution in [0.1, 0.15) is 37.1 Å². The van der Waals surface area contributed by atoms with Crippen LogP contribution in [0.5, 0.6) is 0 Å². The third-order valence-electron chi connectivity index (χ3n) is 3.92. The minimum Gasteiger partial charge on any atom is -0.381 e. The smallest absolute Gasteiger partial charge is 0.0593 e. The van der Waals surface area contributed by atoms with Crippen molar-refractivity contribution in [1.82, 2.24) is 4.90 Å². The molecule has 1 aliphatic rings. The Morgan fingerprint density at radius 3 is 2.78 bits per heavy atom. The summed E-state index contributed by atoms with van der Waals surface area (Å²) in [5.41, 5.74) is 6.35. The lowest BCUT2D eigenvalue weighted by Crippen LogP contribution is -2.45. The van der Waals surface area contributed by atoms with Crippen molar-refractivity contribution < 1.29 is 4.74 Å². The minimum atomic E-state index is 0.205. The number of likely N-dealkylation sites (N-methyl/N-ethyl adjacent to an activating group) is 1. The molecule has 1 aliphatic heterocycles. The van der Waals surface area contributed by atoms with E-state index in [4.69, 9.17) is 10.5 Å². The number of thiophene rings is 1. The maximum atomic E-state index is 6.35. The summed E-state index contributed by atoms with van der Waals surface area (Å²) in [5.74, 6) is 0. The molecule has 0 spiro atoms. The van der Waals surface area contributed by atoms with Crippen LogP contribution in [0.25, 0.3) is 0 Å². The van der Waals surface area contributed by atoms with Crippen LogP contribution in [0.15, 0.2) is 17.5 Å². The van der Waals surface area contributed by atoms with Crippen molar-refractivity contribution >= 4 is 11.3 Å². The molecular weight excluding hydrogens is 244 g/mol. The second kappa shape index (κ2) is 6.66. The van der Waals surface area contributed by atoms with Crippen LogP contribution >= 0.6 is 11.3 Å². The molecular formula is C14H24N2OS. The molecule has 102 valence electrons. The molecule has 2 rings (SSSR count). The van der Waals surface area contributed by atoms with Crippen LogP contribution < -0.4 is 5.73 Å². The van der Waals surface area contributed by atoms with Gasteiger partial charge in [0.25, 0.3) is 0 Å². The van der Waals surface area contributed by atoms with Gasteiger partial charge in [-0.25, -0.2) is 0 Å². The molecule has 0 aromatic carbocycles. The van der Waals surface area contributed by atoms with Crippen LogP contribution in [0.3, 0.4) is 0 Å². The summed E-state index contributed by atoms with van der Waals surface area (Å²) in [5, 5.41) is 2.14. The molecule has 0 amide bonds. The number of rotatable bonds is 5. The van der Waals surface area contributed by atoms with Gasteiger partial charge < -0.3 is 10.5 Å². The highest BCUT2D eigenvalue weighted by Crippen LogP contribution is 2.31. The molecule has 1 fully saturated rings. The number of nitrogens with two attached hydrogens (primary N) is 1. The molecule has 4 heteroatoms. The Morgan fingerprint density at radius 2 is 2.22 bits per heavy atom. The Labute approximate surface area is 114 Å². The molecule has 0 saturated carbocycles. The molecule has 0 bridgehead atoms. The van der Waals surface area contributed by atoms with Gasteiger partial charge in [0.2, 0.25) is 0 Å². The van der Waals surface area contributed by atoms with Crippen LogP contribution in [-0.4, -0.2) is 37.2 Å². The minimum absolute atomic E-state index is 0.205. The average molecular weight is 268 g/mol. The van der Waals surface area contributed by atoms with Gasteiger partial charge in [0.15, 0.2) is 0 Å². The highest BCUT2D eigenvalue weighted by molar-refractivity contribution is 7.10. The van der Waals surface area contributed by atoms with Crippen molar-refractivity contribution in [3.63, 3.8) is 0 Å². The van der Waals surface area contributed by atoms with Crippen LogP contribution in [0.4, 0.5) is 0 Å². The van der Waals surface area contributed by atoms with Gasteiger partial charge in [-0.3, -0.25) is 4.90 Å². The summed E-state index contributed by atoms with van der Waals surface area (Å²) in [6.07, 6.45) is 3.25. The monoisotopic (exact) mass is 268 g/mol. The average Bonchev–Trinajstić information content (AvgIpc) is 2.93. The van der Waals surface area contributed by atoms with Crippen molar-refractivity contribution in [2.45, 2.75) is 44.3 Å². The summed E-state index contributed by atoms with van der Waals surface area (Å²) in [4.78, 5) is 3.86. The third-order valence-corrected chi connectivity index (χ3v) is 4.86. The van der Waals surface area contributed by atoms with Gasteiger partial charge in [-0.15, -0.1) is 11.3 Å². The number of ether oxygens (including phenoxy) is 1. The first-order chi connectivity index (χ1) is 8.74. The lowest BCUT2D eigenvalue weighted by Gasteiger charge is -2.39. The maximum Gasteiger partial charge on any atom is 0.0593 e. The van der Waals surface area contributed by atoms with E-state index < -0.39 is 0 Å². The second-order valence-electron chi connectivity index (χ2n) is 5.04. The van der Waals surface area contributed by atoms with Gasteiger partial charge in [0, 0.05) is 30.2 Å². The predicted molar refractivity (Wildman–Crippen MR) is 76.9 cm³/mol. The summed E-state index contributed by atoms with van der Waals surface area (Å²) >= 11 is 1.81. The maximum absolute atomic E-state index is 6.35. The van der Waals surface area contributed by atoms with Crippen molar-refractivity contribution in [2.24, 2.45) is 5.73 Å². The van der Waals surface area contributed by atoms with E-state index in [1.165, 1.54) is 4.88 Å². The quantitative estimate of drug-likeness (QED) is 0.892. The van der Waals surface area contributed by atoms with Gasteiger partial charge in [-0.2, -0.15) is 0 Å². The fraction of sp³-hybridized carbons (Fsp3) is 0.714. The standard InChI is InChI=1S/C14H24N2OS/c1-3-12(15)14(13-5-4-10-18-13)16(2)11-6-8-17-9-7-11/h4-5,10-12,14H,3,6-9,15H2,1-2H3. The Hall–Kier alpha value is -0.420. The molecule has 2 heterocycles. The first kappa shape index (κ1) is 14.0. The number of nitrogens with zero attached hydrogens (tertiary/aromatic N) is 1. The molecule has 1 saturated heterocycles. The van der Waals surface area contributed by atoms with Gasteiger partial charge in [-0.1, -0.05) is 13.0 Å². The summed E-state index contributed by atoms with van der Waals surface area (Å²) in [7, 11) is 2.22. The predicted octanol–water partition coefficient (Wildman–Crippen LogP) is 2.64. The van der Waals surface area contributed by atoms with Crippen LogP contribution in [0, 0.1) is 0 Å². The lowest BCUT2D eigenvalue weighted by molar-refractivity contribution is 0.0240. The van der Waals surface area contributed by atoms with E-state index in [-0.39, 0.29) is 6.04 Å². The van der Waals surface area contributed by atoms with E-state index in [9.17, 15) is 0 Å². The van der Waals surface area contributed by atoms with Gasteiger partial charge in [0.05, 0.1) is 6.04 Å². The molecule has 0 radical (unpaired) electrons. The van der Waals surface area contributed by atoms with Crippen LogP contribution in [-0.2, 0) is 4.74 Å². The van der Waals surface area contributed by atoms with E-state index >= 15 is 0 Å². The molecule has 2 unspecified atom stereocenters. The zero-order valence-electron chi connectivity index (χ0n) is 11.3. The van der Waals surface area contributed by atoms with Gasteiger partial charge in [-0.05, 0) is 37.8 Å². The SMILES string of the molecule is CCC(N)C(c1cccs1)N(C)C1CCOCC1. The molecule has 18 heavy (non-hydrogen) atoms. The highest BCUT2D eigenvalue weighted by atomic mass is 32.1. The zero-order valence-corrected chi connectivity index (χ0v) is 12.2. The van der Waals surface area contributed by atoms with Gasteiger partial charge in [0.1, 0.15) is 0 Å². The summed E-state index contributed by atoms with van der Waals surface area (Å²) in [6, 6.07) is 5.48. The Morgan fingerprint density at radius 1 is 1.50 bits per heavy atom. The first-order valence-electron chi connectivity index (χ1n) is 6.82. The Kier molecular flexibility index (Phi) is 5.18. The third kappa shape index (κ3) is 3.12. The zero-order chi connectivity index (χ0) is 13.0. The Balaban J connectivity index is 2.12. The van der Waals surface area contributed by atoms with E-state index in [1.807, 2.05) is 11.3 Å².